The number of aliphatic imine (C=N–C) groups is 1. The second kappa shape index (κ2) is 10.8. The third-order valence-corrected chi connectivity index (χ3v) is 6.49. The lowest BCUT2D eigenvalue weighted by Gasteiger charge is -2.21. The Hall–Kier alpha value is -2.67. The SMILES string of the molecule is CN=C(NCC1CCN(CCc2ccccc2)C1)NC1CCN(c2ccc(F)cc2F)C1. The van der Waals surface area contributed by atoms with Gasteiger partial charge in [0.2, 0.25) is 0 Å². The van der Waals surface area contributed by atoms with Gasteiger partial charge in [-0.05, 0) is 49.4 Å². The van der Waals surface area contributed by atoms with E-state index in [9.17, 15) is 8.78 Å². The first-order valence-electron chi connectivity index (χ1n) is 11.5. The summed E-state index contributed by atoms with van der Waals surface area (Å²) in [5.74, 6) is 0.346. The maximum Gasteiger partial charge on any atom is 0.191 e. The van der Waals surface area contributed by atoms with Crippen LogP contribution in [0.15, 0.2) is 53.5 Å². The highest BCUT2D eigenvalue weighted by atomic mass is 19.1. The monoisotopic (exact) mass is 441 g/mol. The molecule has 5 nitrogen and oxygen atoms in total. The van der Waals surface area contributed by atoms with E-state index in [0.29, 0.717) is 18.2 Å². The highest BCUT2D eigenvalue weighted by molar-refractivity contribution is 5.80. The van der Waals surface area contributed by atoms with Crippen LogP contribution < -0.4 is 15.5 Å². The van der Waals surface area contributed by atoms with Crippen LogP contribution in [0.4, 0.5) is 14.5 Å². The summed E-state index contributed by atoms with van der Waals surface area (Å²) in [4.78, 5) is 8.88. The van der Waals surface area contributed by atoms with Gasteiger partial charge in [-0.3, -0.25) is 4.99 Å². The molecule has 2 saturated heterocycles. The van der Waals surface area contributed by atoms with Crippen molar-refractivity contribution in [2.24, 2.45) is 10.9 Å². The van der Waals surface area contributed by atoms with Crippen LogP contribution in [0.3, 0.4) is 0 Å². The van der Waals surface area contributed by atoms with Crippen LogP contribution >= 0.6 is 0 Å². The Bertz CT molecular complexity index is 904. The molecule has 0 bridgehead atoms. The van der Waals surface area contributed by atoms with Crippen LogP contribution in [0, 0.1) is 17.6 Å². The zero-order chi connectivity index (χ0) is 22.3. The van der Waals surface area contributed by atoms with E-state index >= 15 is 0 Å². The van der Waals surface area contributed by atoms with E-state index in [1.807, 2.05) is 4.90 Å². The van der Waals surface area contributed by atoms with Gasteiger partial charge in [-0.15, -0.1) is 0 Å². The number of nitrogens with one attached hydrogen (secondary N) is 2. The van der Waals surface area contributed by atoms with Crippen LogP contribution in [-0.2, 0) is 6.42 Å². The molecule has 172 valence electrons. The summed E-state index contributed by atoms with van der Waals surface area (Å²) in [6, 6.07) is 14.6. The lowest BCUT2D eigenvalue weighted by Crippen LogP contribution is -2.46. The molecule has 2 N–H and O–H groups in total. The molecule has 2 aliphatic rings. The van der Waals surface area contributed by atoms with Gasteiger partial charge in [0.05, 0.1) is 5.69 Å². The number of likely N-dealkylation sites (tertiary alicyclic amines) is 1. The number of nitrogens with zero attached hydrogens (tertiary/aromatic N) is 3. The second-order valence-corrected chi connectivity index (χ2v) is 8.82. The molecule has 2 atom stereocenters. The summed E-state index contributed by atoms with van der Waals surface area (Å²) in [6.45, 7) is 5.65. The van der Waals surface area contributed by atoms with Crippen LogP contribution in [-0.4, -0.2) is 63.2 Å². The molecule has 2 aromatic carbocycles. The minimum Gasteiger partial charge on any atom is -0.367 e. The van der Waals surface area contributed by atoms with Crippen molar-refractivity contribution >= 4 is 11.6 Å². The largest absolute Gasteiger partial charge is 0.367 e. The third-order valence-electron chi connectivity index (χ3n) is 6.49. The van der Waals surface area contributed by atoms with E-state index in [-0.39, 0.29) is 6.04 Å². The first-order chi connectivity index (χ1) is 15.6. The first-order valence-corrected chi connectivity index (χ1v) is 11.5. The molecule has 0 radical (unpaired) electrons. The van der Waals surface area contributed by atoms with E-state index < -0.39 is 11.6 Å². The maximum absolute atomic E-state index is 14.1. The lowest BCUT2D eigenvalue weighted by molar-refractivity contribution is 0.328. The van der Waals surface area contributed by atoms with Crippen molar-refractivity contribution in [1.82, 2.24) is 15.5 Å². The van der Waals surface area contributed by atoms with Gasteiger partial charge in [-0.2, -0.15) is 0 Å². The number of hydrogen-bond acceptors (Lipinski definition) is 3. The lowest BCUT2D eigenvalue weighted by atomic mass is 10.1. The fourth-order valence-electron chi connectivity index (χ4n) is 4.68. The number of guanidine groups is 1. The molecule has 0 saturated carbocycles. The highest BCUT2D eigenvalue weighted by Gasteiger charge is 2.26. The Kier molecular flexibility index (Phi) is 7.58. The molecule has 2 fully saturated rings. The van der Waals surface area contributed by atoms with E-state index in [1.165, 1.54) is 24.1 Å². The average molecular weight is 442 g/mol. The fourth-order valence-corrected chi connectivity index (χ4v) is 4.68. The molecule has 0 aromatic heterocycles. The number of halogens is 2. The molecule has 0 spiro atoms. The van der Waals surface area contributed by atoms with Gasteiger partial charge in [0.1, 0.15) is 11.6 Å². The van der Waals surface area contributed by atoms with Crippen molar-refractivity contribution in [2.75, 3.05) is 51.2 Å². The molecule has 32 heavy (non-hydrogen) atoms. The summed E-state index contributed by atoms with van der Waals surface area (Å²) in [5.41, 5.74) is 1.85. The Balaban J connectivity index is 1.18. The van der Waals surface area contributed by atoms with E-state index in [2.05, 4.69) is 50.9 Å². The van der Waals surface area contributed by atoms with Crippen molar-refractivity contribution < 1.29 is 8.78 Å². The average Bonchev–Trinajstić information content (AvgIpc) is 3.45. The zero-order valence-corrected chi connectivity index (χ0v) is 18.7. The van der Waals surface area contributed by atoms with Gasteiger partial charge in [-0.25, -0.2) is 8.78 Å². The van der Waals surface area contributed by atoms with Gasteiger partial charge in [-0.1, -0.05) is 30.3 Å². The van der Waals surface area contributed by atoms with Crippen LogP contribution in [0.1, 0.15) is 18.4 Å². The van der Waals surface area contributed by atoms with Gasteiger partial charge < -0.3 is 20.4 Å². The zero-order valence-electron chi connectivity index (χ0n) is 18.7. The molecule has 0 aliphatic carbocycles. The Labute approximate surface area is 189 Å². The van der Waals surface area contributed by atoms with Crippen molar-refractivity contribution in [3.8, 4) is 0 Å². The van der Waals surface area contributed by atoms with Crippen molar-refractivity contribution in [2.45, 2.75) is 25.3 Å². The maximum atomic E-state index is 14.1. The summed E-state index contributed by atoms with van der Waals surface area (Å²) >= 11 is 0. The molecule has 2 aromatic rings. The van der Waals surface area contributed by atoms with E-state index in [4.69, 9.17) is 0 Å². The number of benzene rings is 2. The Morgan fingerprint density at radius 3 is 2.69 bits per heavy atom. The molecule has 4 rings (SSSR count). The van der Waals surface area contributed by atoms with Crippen molar-refractivity contribution in [1.29, 1.82) is 0 Å². The van der Waals surface area contributed by atoms with Crippen molar-refractivity contribution in [3.05, 3.63) is 65.7 Å². The normalized spacial score (nSPS) is 21.8. The first kappa shape index (κ1) is 22.5. The Morgan fingerprint density at radius 1 is 1.06 bits per heavy atom. The smallest absolute Gasteiger partial charge is 0.191 e. The van der Waals surface area contributed by atoms with Gasteiger partial charge in [0.25, 0.3) is 0 Å². The van der Waals surface area contributed by atoms with Gasteiger partial charge in [0, 0.05) is 51.9 Å². The molecule has 7 heteroatoms. The standard InChI is InChI=1S/C25H33F2N5/c1-28-25(30-22-11-14-32(18-22)24-8-7-21(26)15-23(24)27)29-16-20-10-13-31(17-20)12-9-19-5-3-2-4-6-19/h2-8,15,20,22H,9-14,16-18H2,1H3,(H2,28,29,30). The fraction of sp³-hybridized carbons (Fsp3) is 0.480. The predicted molar refractivity (Wildman–Crippen MR) is 126 cm³/mol. The minimum atomic E-state index is -0.546. The number of anilines is 1. The quantitative estimate of drug-likeness (QED) is 0.511. The van der Waals surface area contributed by atoms with Crippen molar-refractivity contribution in [3.63, 3.8) is 0 Å². The summed E-state index contributed by atoms with van der Waals surface area (Å²) in [6.07, 6.45) is 3.17. The summed E-state index contributed by atoms with van der Waals surface area (Å²) in [7, 11) is 1.78. The van der Waals surface area contributed by atoms with E-state index in [1.54, 1.807) is 7.05 Å². The number of hydrogen-bond donors (Lipinski definition) is 2. The second-order valence-electron chi connectivity index (χ2n) is 8.82. The van der Waals surface area contributed by atoms with Crippen LogP contribution in [0.25, 0.3) is 0 Å². The molecular formula is C25H33F2N5. The topological polar surface area (TPSA) is 42.9 Å². The van der Waals surface area contributed by atoms with Gasteiger partial charge in [0.15, 0.2) is 5.96 Å². The van der Waals surface area contributed by atoms with E-state index in [0.717, 1.165) is 57.6 Å². The van der Waals surface area contributed by atoms with Crippen LogP contribution in [0.2, 0.25) is 0 Å². The van der Waals surface area contributed by atoms with Crippen LogP contribution in [0.5, 0.6) is 0 Å². The molecule has 2 unspecified atom stereocenters. The highest BCUT2D eigenvalue weighted by Crippen LogP contribution is 2.24. The molecule has 2 aliphatic heterocycles. The number of rotatable bonds is 7. The third kappa shape index (κ3) is 5.97. The molecule has 0 amide bonds. The minimum absolute atomic E-state index is 0.177. The Morgan fingerprint density at radius 2 is 1.91 bits per heavy atom. The van der Waals surface area contributed by atoms with Gasteiger partial charge >= 0.3 is 0 Å². The predicted octanol–water partition coefficient (Wildman–Crippen LogP) is 3.27. The summed E-state index contributed by atoms with van der Waals surface area (Å²) < 4.78 is 27.3. The molecular weight excluding hydrogens is 408 g/mol. The summed E-state index contributed by atoms with van der Waals surface area (Å²) in [5, 5.41) is 6.94. The molecule has 2 heterocycles.